The van der Waals surface area contributed by atoms with E-state index >= 15 is 0 Å². The molecular formula is C23H30N2O. The average molecular weight is 351 g/mol. The Hall–Kier alpha value is -1.84. The maximum absolute atomic E-state index is 5.53. The number of hydrogen-bond acceptors (Lipinski definition) is 3. The molecule has 26 heavy (non-hydrogen) atoms. The van der Waals surface area contributed by atoms with E-state index in [1.54, 1.807) is 7.11 Å². The first-order valence-electron chi connectivity index (χ1n) is 9.92. The van der Waals surface area contributed by atoms with Crippen LogP contribution >= 0.6 is 0 Å². The predicted octanol–water partition coefficient (Wildman–Crippen LogP) is 3.98. The van der Waals surface area contributed by atoms with Gasteiger partial charge < -0.3 is 4.74 Å². The normalized spacial score (nSPS) is 20.0. The highest BCUT2D eigenvalue weighted by Gasteiger charge is 2.47. The van der Waals surface area contributed by atoms with E-state index in [4.69, 9.17) is 4.74 Å². The summed E-state index contributed by atoms with van der Waals surface area (Å²) in [5.74, 6) is 1.04. The molecule has 138 valence electrons. The van der Waals surface area contributed by atoms with Crippen LogP contribution in [0.3, 0.4) is 0 Å². The highest BCUT2D eigenvalue weighted by Crippen LogP contribution is 2.46. The second-order valence-corrected chi connectivity index (χ2v) is 7.78. The number of piperazine rings is 1. The molecule has 1 aliphatic carbocycles. The summed E-state index contributed by atoms with van der Waals surface area (Å²) in [4.78, 5) is 5.37. The van der Waals surface area contributed by atoms with Crippen LogP contribution < -0.4 is 4.74 Å². The first-order chi connectivity index (χ1) is 12.8. The fraction of sp³-hybridized carbons (Fsp3) is 0.478. The van der Waals surface area contributed by atoms with Crippen LogP contribution in [0.15, 0.2) is 54.6 Å². The maximum atomic E-state index is 5.53. The molecule has 0 aromatic heterocycles. The number of aryl methyl sites for hydroxylation is 1. The minimum atomic E-state index is 0.458. The monoisotopic (exact) mass is 350 g/mol. The summed E-state index contributed by atoms with van der Waals surface area (Å²) in [5, 5.41) is 0. The second-order valence-electron chi connectivity index (χ2n) is 7.78. The van der Waals surface area contributed by atoms with E-state index in [1.807, 2.05) is 0 Å². The van der Waals surface area contributed by atoms with Crippen molar-refractivity contribution in [2.24, 2.45) is 0 Å². The Labute approximate surface area is 157 Å². The lowest BCUT2D eigenvalue weighted by molar-refractivity contribution is 0.0767. The molecule has 1 aliphatic heterocycles. The zero-order chi connectivity index (χ0) is 17.8. The van der Waals surface area contributed by atoms with E-state index in [0.29, 0.717) is 5.54 Å². The van der Waals surface area contributed by atoms with Gasteiger partial charge in [-0.25, -0.2) is 0 Å². The molecule has 1 heterocycles. The van der Waals surface area contributed by atoms with E-state index in [0.717, 1.165) is 18.7 Å². The molecule has 1 saturated carbocycles. The zero-order valence-corrected chi connectivity index (χ0v) is 15.9. The first kappa shape index (κ1) is 17.6. The Morgan fingerprint density at radius 2 is 1.58 bits per heavy atom. The average Bonchev–Trinajstić information content (AvgIpc) is 3.49. The Morgan fingerprint density at radius 1 is 0.885 bits per heavy atom. The fourth-order valence-electron chi connectivity index (χ4n) is 4.37. The van der Waals surface area contributed by atoms with Gasteiger partial charge in [-0.05, 0) is 42.9 Å². The molecule has 3 nitrogen and oxygen atoms in total. The van der Waals surface area contributed by atoms with Gasteiger partial charge in [-0.1, -0.05) is 48.5 Å². The van der Waals surface area contributed by atoms with E-state index < -0.39 is 0 Å². The van der Waals surface area contributed by atoms with Crippen molar-refractivity contribution in [2.75, 3.05) is 33.3 Å². The van der Waals surface area contributed by atoms with Crippen molar-refractivity contribution in [3.63, 3.8) is 0 Å². The lowest BCUT2D eigenvalue weighted by Gasteiger charge is -2.40. The van der Waals surface area contributed by atoms with E-state index in [9.17, 15) is 0 Å². The smallest absolute Gasteiger partial charge is 0.122 e. The van der Waals surface area contributed by atoms with Crippen molar-refractivity contribution in [3.05, 3.63) is 65.7 Å². The van der Waals surface area contributed by atoms with Gasteiger partial charge in [0, 0.05) is 38.3 Å². The van der Waals surface area contributed by atoms with Gasteiger partial charge in [0.1, 0.15) is 5.75 Å². The fourth-order valence-corrected chi connectivity index (χ4v) is 4.37. The van der Waals surface area contributed by atoms with Gasteiger partial charge in [0.05, 0.1) is 7.11 Å². The number of methoxy groups -OCH3 is 1. The van der Waals surface area contributed by atoms with Crippen molar-refractivity contribution in [3.8, 4) is 5.75 Å². The minimum absolute atomic E-state index is 0.458. The van der Waals surface area contributed by atoms with Gasteiger partial charge in [-0.15, -0.1) is 0 Å². The van der Waals surface area contributed by atoms with Gasteiger partial charge in [-0.2, -0.15) is 0 Å². The van der Waals surface area contributed by atoms with Crippen LogP contribution in [0.25, 0.3) is 0 Å². The summed E-state index contributed by atoms with van der Waals surface area (Å²) in [6.45, 7) is 5.87. The number of hydrogen-bond donors (Lipinski definition) is 0. The minimum Gasteiger partial charge on any atom is -0.496 e. The quantitative estimate of drug-likeness (QED) is 0.751. The summed E-state index contributed by atoms with van der Waals surface area (Å²) >= 11 is 0. The standard InChI is InChI=1S/C23H30N2O/c1-26-22-10-6-5-9-21(22)11-12-23(13-14-23)25-17-15-24(16-18-25)19-20-7-3-2-4-8-20/h2-10H,11-19H2,1H3. The molecule has 1 saturated heterocycles. The third-order valence-corrected chi connectivity index (χ3v) is 6.17. The molecule has 0 atom stereocenters. The SMILES string of the molecule is COc1ccccc1CCC1(N2CCN(Cc3ccccc3)CC2)CC1. The van der Waals surface area contributed by atoms with Gasteiger partial charge in [0.25, 0.3) is 0 Å². The molecule has 0 unspecified atom stereocenters. The Kier molecular flexibility index (Phi) is 5.28. The number of ether oxygens (including phenoxy) is 1. The molecule has 2 aliphatic rings. The molecule has 4 rings (SSSR count). The molecule has 2 aromatic rings. The van der Waals surface area contributed by atoms with Gasteiger partial charge >= 0.3 is 0 Å². The topological polar surface area (TPSA) is 15.7 Å². The molecule has 0 N–H and O–H groups in total. The highest BCUT2D eigenvalue weighted by molar-refractivity contribution is 5.33. The van der Waals surface area contributed by atoms with Gasteiger partial charge in [0.2, 0.25) is 0 Å². The second kappa shape index (κ2) is 7.81. The van der Waals surface area contributed by atoms with Gasteiger partial charge in [-0.3, -0.25) is 9.80 Å². The van der Waals surface area contributed by atoms with Crippen molar-refractivity contribution in [2.45, 2.75) is 37.8 Å². The van der Waals surface area contributed by atoms with Crippen LogP contribution in [-0.4, -0.2) is 48.6 Å². The highest BCUT2D eigenvalue weighted by atomic mass is 16.5. The number of benzene rings is 2. The van der Waals surface area contributed by atoms with Crippen LogP contribution in [0.4, 0.5) is 0 Å². The third-order valence-electron chi connectivity index (χ3n) is 6.17. The molecule has 0 spiro atoms. The lowest BCUT2D eigenvalue weighted by Crippen LogP contribution is -2.51. The molecule has 0 bridgehead atoms. The summed E-state index contributed by atoms with van der Waals surface area (Å²) in [5.41, 5.74) is 3.24. The molecular weight excluding hydrogens is 320 g/mol. The molecule has 0 radical (unpaired) electrons. The van der Waals surface area contributed by atoms with Crippen LogP contribution in [-0.2, 0) is 13.0 Å². The van der Waals surface area contributed by atoms with Crippen LogP contribution in [0.2, 0.25) is 0 Å². The van der Waals surface area contributed by atoms with Crippen molar-refractivity contribution < 1.29 is 4.74 Å². The number of nitrogens with zero attached hydrogens (tertiary/aromatic N) is 2. The van der Waals surface area contributed by atoms with Crippen LogP contribution in [0, 0.1) is 0 Å². The van der Waals surface area contributed by atoms with Crippen LogP contribution in [0.5, 0.6) is 5.75 Å². The van der Waals surface area contributed by atoms with E-state index in [1.165, 1.54) is 56.6 Å². The van der Waals surface area contributed by atoms with Crippen molar-refractivity contribution >= 4 is 0 Å². The van der Waals surface area contributed by atoms with E-state index in [-0.39, 0.29) is 0 Å². The lowest BCUT2D eigenvalue weighted by atomic mass is 10.0. The van der Waals surface area contributed by atoms with Gasteiger partial charge in [0.15, 0.2) is 0 Å². The first-order valence-corrected chi connectivity index (χ1v) is 9.92. The Bertz CT molecular complexity index is 703. The van der Waals surface area contributed by atoms with Crippen LogP contribution in [0.1, 0.15) is 30.4 Å². The number of para-hydroxylation sites is 1. The molecule has 2 aromatic carbocycles. The number of rotatable bonds is 7. The Balaban J connectivity index is 1.30. The molecule has 3 heteroatoms. The van der Waals surface area contributed by atoms with Crippen molar-refractivity contribution in [1.29, 1.82) is 0 Å². The summed E-state index contributed by atoms with van der Waals surface area (Å²) in [7, 11) is 1.78. The third kappa shape index (κ3) is 3.94. The molecule has 0 amide bonds. The Morgan fingerprint density at radius 3 is 2.27 bits per heavy atom. The van der Waals surface area contributed by atoms with E-state index in [2.05, 4.69) is 64.4 Å². The maximum Gasteiger partial charge on any atom is 0.122 e. The summed E-state index contributed by atoms with van der Waals surface area (Å²) in [6.07, 6.45) is 5.10. The predicted molar refractivity (Wildman–Crippen MR) is 107 cm³/mol. The molecule has 2 fully saturated rings. The summed E-state index contributed by atoms with van der Waals surface area (Å²) < 4.78 is 5.53. The zero-order valence-electron chi connectivity index (χ0n) is 15.9. The van der Waals surface area contributed by atoms with Crippen molar-refractivity contribution in [1.82, 2.24) is 9.80 Å². The largest absolute Gasteiger partial charge is 0.496 e. The summed E-state index contributed by atoms with van der Waals surface area (Å²) in [6, 6.07) is 19.3.